The van der Waals surface area contributed by atoms with Crippen LogP contribution in [0.25, 0.3) is 0 Å². The van der Waals surface area contributed by atoms with E-state index in [4.69, 9.17) is 11.6 Å². The van der Waals surface area contributed by atoms with Crippen molar-refractivity contribution in [1.29, 1.82) is 0 Å². The third-order valence-electron chi connectivity index (χ3n) is 1.06. The third kappa shape index (κ3) is 1.57. The zero-order valence-electron chi connectivity index (χ0n) is 4.93. The van der Waals surface area contributed by atoms with Crippen molar-refractivity contribution in [1.82, 2.24) is 0 Å². The van der Waals surface area contributed by atoms with E-state index in [1.807, 2.05) is 17.5 Å². The molecule has 0 amide bonds. The van der Waals surface area contributed by atoms with E-state index in [9.17, 15) is 0 Å². The van der Waals surface area contributed by atoms with E-state index in [-0.39, 0.29) is 0 Å². The highest BCUT2D eigenvalue weighted by atomic mass is 35.5. The van der Waals surface area contributed by atoms with E-state index in [0.717, 1.165) is 10.8 Å². The van der Waals surface area contributed by atoms with Gasteiger partial charge in [0.1, 0.15) is 0 Å². The Labute approximate surface area is 63.8 Å². The fraction of sp³-hybridized carbons (Fsp3) is 0.143. The van der Waals surface area contributed by atoms with Gasteiger partial charge in [-0.15, -0.1) is 17.9 Å². The molecular weight excluding hydrogens is 152 g/mol. The quantitative estimate of drug-likeness (QED) is 0.581. The summed E-state index contributed by atoms with van der Waals surface area (Å²) in [6.45, 7) is 3.62. The minimum atomic E-state index is 0.877. The van der Waals surface area contributed by atoms with Crippen LogP contribution in [0.5, 0.6) is 0 Å². The summed E-state index contributed by atoms with van der Waals surface area (Å²) >= 11 is 7.35. The molecule has 1 heterocycles. The first-order chi connectivity index (χ1) is 4.34. The second-order valence-electron chi connectivity index (χ2n) is 1.71. The maximum Gasteiger partial charge on any atom is 0.0963 e. The molecule has 0 aliphatic rings. The highest BCUT2D eigenvalue weighted by molar-refractivity contribution is 7.14. The third-order valence-corrected chi connectivity index (χ3v) is 2.31. The first-order valence-electron chi connectivity index (χ1n) is 2.67. The van der Waals surface area contributed by atoms with Crippen LogP contribution >= 0.6 is 22.9 Å². The van der Waals surface area contributed by atoms with Crippen molar-refractivity contribution in [3.05, 3.63) is 34.0 Å². The second-order valence-corrected chi connectivity index (χ2v) is 3.23. The van der Waals surface area contributed by atoms with Crippen LogP contribution < -0.4 is 0 Å². The highest BCUT2D eigenvalue weighted by Crippen LogP contribution is 2.22. The van der Waals surface area contributed by atoms with Gasteiger partial charge < -0.3 is 0 Å². The molecule has 0 atom stereocenters. The van der Waals surface area contributed by atoms with Crippen LogP contribution in [0, 0.1) is 0 Å². The van der Waals surface area contributed by atoms with Gasteiger partial charge >= 0.3 is 0 Å². The number of rotatable bonds is 2. The Morgan fingerprint density at radius 2 is 2.56 bits per heavy atom. The number of allylic oxidation sites excluding steroid dienone is 1. The lowest BCUT2D eigenvalue weighted by molar-refractivity contribution is 1.31. The van der Waals surface area contributed by atoms with Gasteiger partial charge in [0.25, 0.3) is 0 Å². The summed E-state index contributed by atoms with van der Waals surface area (Å²) in [5.41, 5.74) is 1.18. The largest absolute Gasteiger partial charge is 0.132 e. The molecule has 0 bridgehead atoms. The normalized spacial score (nSPS) is 9.44. The first kappa shape index (κ1) is 6.84. The van der Waals surface area contributed by atoms with Gasteiger partial charge in [-0.25, -0.2) is 0 Å². The smallest absolute Gasteiger partial charge is 0.0963 e. The zero-order chi connectivity index (χ0) is 6.69. The summed E-state index contributed by atoms with van der Waals surface area (Å²) in [4.78, 5) is 0. The van der Waals surface area contributed by atoms with Crippen molar-refractivity contribution in [2.24, 2.45) is 0 Å². The Kier molecular flexibility index (Phi) is 2.31. The van der Waals surface area contributed by atoms with Crippen molar-refractivity contribution in [2.75, 3.05) is 0 Å². The average molecular weight is 159 g/mol. The monoisotopic (exact) mass is 158 g/mol. The lowest BCUT2D eigenvalue weighted by Gasteiger charge is -1.87. The molecule has 0 saturated heterocycles. The Balaban J connectivity index is 2.80. The van der Waals surface area contributed by atoms with Gasteiger partial charge in [0.2, 0.25) is 0 Å². The summed E-state index contributed by atoms with van der Waals surface area (Å²) < 4.78 is 0.884. The average Bonchev–Trinajstić information content (AvgIpc) is 2.18. The molecule has 0 aliphatic heterocycles. The summed E-state index contributed by atoms with van der Waals surface area (Å²) in [5, 5.41) is 1.99. The van der Waals surface area contributed by atoms with Gasteiger partial charge in [-0.05, 0) is 23.4 Å². The van der Waals surface area contributed by atoms with E-state index < -0.39 is 0 Å². The van der Waals surface area contributed by atoms with Crippen LogP contribution in [0.3, 0.4) is 0 Å². The Bertz CT molecular complexity index is 202. The lowest BCUT2D eigenvalue weighted by atomic mass is 10.2. The van der Waals surface area contributed by atoms with Crippen LogP contribution in [0.4, 0.5) is 0 Å². The van der Waals surface area contributed by atoms with Crippen LogP contribution in [0.15, 0.2) is 24.1 Å². The molecule has 0 aromatic carbocycles. The molecule has 48 valence electrons. The van der Waals surface area contributed by atoms with Crippen molar-refractivity contribution >= 4 is 22.9 Å². The van der Waals surface area contributed by atoms with Crippen LogP contribution in [0.1, 0.15) is 5.56 Å². The SMILES string of the molecule is C=CCc1ccsc1Cl. The molecular formula is C7H7ClS. The van der Waals surface area contributed by atoms with Crippen molar-refractivity contribution in [2.45, 2.75) is 6.42 Å². The molecule has 1 aromatic rings. The molecule has 1 aromatic heterocycles. The Morgan fingerprint density at radius 3 is 3.00 bits per heavy atom. The summed E-state index contributed by atoms with van der Waals surface area (Å²) in [6, 6.07) is 2.02. The molecule has 0 radical (unpaired) electrons. The van der Waals surface area contributed by atoms with Crippen molar-refractivity contribution in [3.63, 3.8) is 0 Å². The fourth-order valence-electron chi connectivity index (χ4n) is 0.621. The number of thiophene rings is 1. The maximum absolute atomic E-state index is 5.79. The van der Waals surface area contributed by atoms with Gasteiger partial charge in [-0.2, -0.15) is 0 Å². The van der Waals surface area contributed by atoms with Crippen LogP contribution in [0.2, 0.25) is 4.34 Å². The molecule has 0 N–H and O–H groups in total. The van der Waals surface area contributed by atoms with E-state index in [1.165, 1.54) is 5.56 Å². The standard InChI is InChI=1S/C7H7ClS/c1-2-3-6-4-5-9-7(6)8/h2,4-5H,1,3H2. The van der Waals surface area contributed by atoms with E-state index in [0.29, 0.717) is 0 Å². The van der Waals surface area contributed by atoms with Gasteiger partial charge in [-0.3, -0.25) is 0 Å². The van der Waals surface area contributed by atoms with Gasteiger partial charge in [0, 0.05) is 0 Å². The summed E-state index contributed by atoms with van der Waals surface area (Å²) in [7, 11) is 0. The number of hydrogen-bond acceptors (Lipinski definition) is 1. The Hall–Kier alpha value is -0.270. The molecule has 0 nitrogen and oxygen atoms in total. The highest BCUT2D eigenvalue weighted by Gasteiger charge is 1.96. The molecule has 0 fully saturated rings. The predicted molar refractivity (Wildman–Crippen MR) is 43.2 cm³/mol. The van der Waals surface area contributed by atoms with Crippen molar-refractivity contribution < 1.29 is 0 Å². The first-order valence-corrected chi connectivity index (χ1v) is 3.93. The van der Waals surface area contributed by atoms with E-state index in [1.54, 1.807) is 11.3 Å². The number of halogens is 1. The molecule has 0 unspecified atom stereocenters. The summed E-state index contributed by atoms with van der Waals surface area (Å²) in [5.74, 6) is 0. The predicted octanol–water partition coefficient (Wildman–Crippen LogP) is 3.13. The second kappa shape index (κ2) is 3.04. The molecule has 9 heavy (non-hydrogen) atoms. The van der Waals surface area contributed by atoms with E-state index >= 15 is 0 Å². The Morgan fingerprint density at radius 1 is 1.78 bits per heavy atom. The summed E-state index contributed by atoms with van der Waals surface area (Å²) in [6.07, 6.45) is 2.73. The molecule has 0 saturated carbocycles. The van der Waals surface area contributed by atoms with Crippen LogP contribution in [-0.2, 0) is 6.42 Å². The van der Waals surface area contributed by atoms with E-state index in [2.05, 4.69) is 6.58 Å². The van der Waals surface area contributed by atoms with Gasteiger partial charge in [0.15, 0.2) is 0 Å². The number of hydrogen-bond donors (Lipinski definition) is 0. The molecule has 0 aliphatic carbocycles. The fourth-order valence-corrected chi connectivity index (χ4v) is 1.57. The maximum atomic E-state index is 5.79. The van der Waals surface area contributed by atoms with Gasteiger partial charge in [-0.1, -0.05) is 17.7 Å². The van der Waals surface area contributed by atoms with Gasteiger partial charge in [0.05, 0.1) is 4.34 Å². The minimum absolute atomic E-state index is 0.877. The molecule has 1 rings (SSSR count). The topological polar surface area (TPSA) is 0 Å². The van der Waals surface area contributed by atoms with Crippen molar-refractivity contribution in [3.8, 4) is 0 Å². The lowest BCUT2D eigenvalue weighted by Crippen LogP contribution is -1.72. The van der Waals surface area contributed by atoms with Crippen LogP contribution in [-0.4, -0.2) is 0 Å². The molecule has 0 spiro atoms. The minimum Gasteiger partial charge on any atom is -0.132 e. The zero-order valence-corrected chi connectivity index (χ0v) is 6.50. The molecule has 2 heteroatoms.